The minimum absolute atomic E-state index is 0.461. The van der Waals surface area contributed by atoms with Crippen molar-refractivity contribution in [1.29, 1.82) is 0 Å². The summed E-state index contributed by atoms with van der Waals surface area (Å²) >= 11 is 0. The van der Waals surface area contributed by atoms with Gasteiger partial charge < -0.3 is 5.11 Å². The molecule has 1 rings (SSSR count). The number of carboxylic acid groups (broad SMARTS) is 1. The largest absolute Gasteiger partial charge is 0.481 e. The van der Waals surface area contributed by atoms with Crippen molar-refractivity contribution in [2.75, 3.05) is 19.6 Å². The maximum atomic E-state index is 11.1. The quantitative estimate of drug-likeness (QED) is 0.698. The molecule has 1 saturated heterocycles. The standard InChI is InChI=1S/C11H19NO2/c1-3-7-12-8-5-11(4-2,6-9-12)10(13)14/h3H,1,4-9H2,2H3,(H,13,14). The van der Waals surface area contributed by atoms with Crippen molar-refractivity contribution in [3.8, 4) is 0 Å². The van der Waals surface area contributed by atoms with E-state index in [2.05, 4.69) is 11.5 Å². The molecule has 0 spiro atoms. The van der Waals surface area contributed by atoms with Crippen LogP contribution in [0.25, 0.3) is 0 Å². The molecular formula is C11H19NO2. The summed E-state index contributed by atoms with van der Waals surface area (Å²) in [6.45, 7) is 8.29. The maximum absolute atomic E-state index is 11.1. The van der Waals surface area contributed by atoms with Gasteiger partial charge in [0.2, 0.25) is 0 Å². The molecule has 3 nitrogen and oxygen atoms in total. The fourth-order valence-corrected chi connectivity index (χ4v) is 2.06. The van der Waals surface area contributed by atoms with E-state index < -0.39 is 11.4 Å². The van der Waals surface area contributed by atoms with Crippen LogP contribution in [-0.4, -0.2) is 35.6 Å². The summed E-state index contributed by atoms with van der Waals surface area (Å²) in [6.07, 6.45) is 4.16. The average Bonchev–Trinajstić information content (AvgIpc) is 2.19. The monoisotopic (exact) mass is 197 g/mol. The molecule has 0 aromatic rings. The third-order valence-electron chi connectivity index (χ3n) is 3.33. The minimum Gasteiger partial charge on any atom is -0.481 e. The highest BCUT2D eigenvalue weighted by Gasteiger charge is 2.39. The van der Waals surface area contributed by atoms with Gasteiger partial charge in [0.15, 0.2) is 0 Å². The van der Waals surface area contributed by atoms with Crippen LogP contribution in [0, 0.1) is 5.41 Å². The van der Waals surface area contributed by atoms with E-state index in [9.17, 15) is 4.79 Å². The Labute approximate surface area is 85.4 Å². The average molecular weight is 197 g/mol. The number of carboxylic acids is 1. The first-order valence-corrected chi connectivity index (χ1v) is 5.21. The minimum atomic E-state index is -0.627. The van der Waals surface area contributed by atoms with Gasteiger partial charge in [0, 0.05) is 6.54 Å². The van der Waals surface area contributed by atoms with Gasteiger partial charge in [-0.05, 0) is 32.4 Å². The molecule has 80 valence electrons. The summed E-state index contributed by atoms with van der Waals surface area (Å²) in [6, 6.07) is 0. The SMILES string of the molecule is C=CCN1CCC(CC)(C(=O)O)CC1. The molecule has 0 aromatic heterocycles. The predicted molar refractivity (Wildman–Crippen MR) is 56.2 cm³/mol. The van der Waals surface area contributed by atoms with Crippen LogP contribution in [0.1, 0.15) is 26.2 Å². The van der Waals surface area contributed by atoms with Crippen LogP contribution >= 0.6 is 0 Å². The molecule has 0 unspecified atom stereocenters. The summed E-state index contributed by atoms with van der Waals surface area (Å²) < 4.78 is 0. The molecule has 1 fully saturated rings. The smallest absolute Gasteiger partial charge is 0.309 e. The zero-order valence-electron chi connectivity index (χ0n) is 8.83. The molecule has 0 saturated carbocycles. The van der Waals surface area contributed by atoms with E-state index in [0.717, 1.165) is 38.9 Å². The Morgan fingerprint density at radius 3 is 2.50 bits per heavy atom. The van der Waals surface area contributed by atoms with Crippen molar-refractivity contribution in [2.45, 2.75) is 26.2 Å². The lowest BCUT2D eigenvalue weighted by molar-refractivity contribution is -0.152. The number of likely N-dealkylation sites (tertiary alicyclic amines) is 1. The molecule has 0 amide bonds. The van der Waals surface area contributed by atoms with Crippen molar-refractivity contribution >= 4 is 5.97 Å². The molecule has 1 N–H and O–H groups in total. The Morgan fingerprint density at radius 1 is 1.57 bits per heavy atom. The van der Waals surface area contributed by atoms with E-state index in [4.69, 9.17) is 5.11 Å². The summed E-state index contributed by atoms with van der Waals surface area (Å²) in [5, 5.41) is 9.17. The van der Waals surface area contributed by atoms with Gasteiger partial charge in [0.05, 0.1) is 5.41 Å². The Morgan fingerprint density at radius 2 is 2.14 bits per heavy atom. The second kappa shape index (κ2) is 4.60. The molecule has 0 radical (unpaired) electrons. The molecule has 3 heteroatoms. The highest BCUT2D eigenvalue weighted by atomic mass is 16.4. The third kappa shape index (κ3) is 2.15. The zero-order chi connectivity index (χ0) is 10.6. The lowest BCUT2D eigenvalue weighted by Crippen LogP contribution is -2.44. The van der Waals surface area contributed by atoms with E-state index in [-0.39, 0.29) is 0 Å². The molecule has 1 aliphatic heterocycles. The Balaban J connectivity index is 2.54. The normalized spacial score (nSPS) is 21.8. The first kappa shape index (κ1) is 11.2. The van der Waals surface area contributed by atoms with Gasteiger partial charge >= 0.3 is 5.97 Å². The fourth-order valence-electron chi connectivity index (χ4n) is 2.06. The van der Waals surface area contributed by atoms with Crippen LogP contribution in [0.15, 0.2) is 12.7 Å². The molecule has 0 aromatic carbocycles. The number of aliphatic carboxylic acids is 1. The van der Waals surface area contributed by atoms with E-state index in [1.165, 1.54) is 0 Å². The zero-order valence-corrected chi connectivity index (χ0v) is 8.83. The van der Waals surface area contributed by atoms with Crippen LogP contribution in [-0.2, 0) is 4.79 Å². The fraction of sp³-hybridized carbons (Fsp3) is 0.727. The van der Waals surface area contributed by atoms with Crippen LogP contribution in [0.5, 0.6) is 0 Å². The third-order valence-corrected chi connectivity index (χ3v) is 3.33. The van der Waals surface area contributed by atoms with Crippen LogP contribution in [0.4, 0.5) is 0 Å². The molecule has 1 heterocycles. The highest BCUT2D eigenvalue weighted by molar-refractivity contribution is 5.74. The number of piperidine rings is 1. The molecular weight excluding hydrogens is 178 g/mol. The highest BCUT2D eigenvalue weighted by Crippen LogP contribution is 2.34. The Bertz CT molecular complexity index is 217. The number of rotatable bonds is 4. The van der Waals surface area contributed by atoms with Crippen LogP contribution in [0.2, 0.25) is 0 Å². The first-order chi connectivity index (χ1) is 6.64. The molecule has 0 atom stereocenters. The van der Waals surface area contributed by atoms with Gasteiger partial charge in [-0.3, -0.25) is 9.69 Å². The van der Waals surface area contributed by atoms with E-state index >= 15 is 0 Å². The Kier molecular flexibility index (Phi) is 3.69. The van der Waals surface area contributed by atoms with Crippen LogP contribution < -0.4 is 0 Å². The molecule has 14 heavy (non-hydrogen) atoms. The van der Waals surface area contributed by atoms with Gasteiger partial charge in [-0.25, -0.2) is 0 Å². The van der Waals surface area contributed by atoms with Gasteiger partial charge in [-0.1, -0.05) is 13.0 Å². The number of carbonyl (C=O) groups is 1. The van der Waals surface area contributed by atoms with Gasteiger partial charge in [0.25, 0.3) is 0 Å². The Hall–Kier alpha value is -0.830. The second-order valence-corrected chi connectivity index (χ2v) is 4.03. The molecule has 0 bridgehead atoms. The van der Waals surface area contributed by atoms with Gasteiger partial charge in [0.1, 0.15) is 0 Å². The molecule has 1 aliphatic rings. The topological polar surface area (TPSA) is 40.5 Å². The van der Waals surface area contributed by atoms with E-state index in [1.54, 1.807) is 0 Å². The lowest BCUT2D eigenvalue weighted by atomic mass is 9.76. The lowest BCUT2D eigenvalue weighted by Gasteiger charge is -2.37. The van der Waals surface area contributed by atoms with Crippen molar-refractivity contribution in [3.63, 3.8) is 0 Å². The van der Waals surface area contributed by atoms with E-state index in [1.807, 2.05) is 13.0 Å². The summed E-state index contributed by atoms with van der Waals surface area (Å²) in [5.41, 5.74) is -0.461. The predicted octanol–water partition coefficient (Wildman–Crippen LogP) is 1.75. The second-order valence-electron chi connectivity index (χ2n) is 4.03. The number of hydrogen-bond acceptors (Lipinski definition) is 2. The summed E-state index contributed by atoms with van der Waals surface area (Å²) in [5.74, 6) is -0.627. The van der Waals surface area contributed by atoms with Gasteiger partial charge in [-0.15, -0.1) is 6.58 Å². The van der Waals surface area contributed by atoms with E-state index in [0.29, 0.717) is 0 Å². The number of hydrogen-bond donors (Lipinski definition) is 1. The van der Waals surface area contributed by atoms with Crippen molar-refractivity contribution in [1.82, 2.24) is 4.90 Å². The van der Waals surface area contributed by atoms with Gasteiger partial charge in [-0.2, -0.15) is 0 Å². The summed E-state index contributed by atoms with van der Waals surface area (Å²) in [4.78, 5) is 13.4. The first-order valence-electron chi connectivity index (χ1n) is 5.21. The summed E-state index contributed by atoms with van der Waals surface area (Å²) in [7, 11) is 0. The number of nitrogens with zero attached hydrogens (tertiary/aromatic N) is 1. The van der Waals surface area contributed by atoms with Crippen molar-refractivity contribution in [2.24, 2.45) is 5.41 Å². The molecule has 0 aliphatic carbocycles. The van der Waals surface area contributed by atoms with Crippen molar-refractivity contribution < 1.29 is 9.90 Å². The maximum Gasteiger partial charge on any atom is 0.309 e. The van der Waals surface area contributed by atoms with Crippen molar-refractivity contribution in [3.05, 3.63) is 12.7 Å². The van der Waals surface area contributed by atoms with Crippen LogP contribution in [0.3, 0.4) is 0 Å².